The maximum absolute atomic E-state index is 15.6. The van der Waals surface area contributed by atoms with Gasteiger partial charge < -0.3 is 28.4 Å². The van der Waals surface area contributed by atoms with Gasteiger partial charge in [-0.3, -0.25) is 14.4 Å². The number of azo groups is 1. The van der Waals surface area contributed by atoms with Crippen molar-refractivity contribution in [3.8, 4) is 11.5 Å². The van der Waals surface area contributed by atoms with E-state index in [0.717, 1.165) is 35.6 Å². The lowest BCUT2D eigenvalue weighted by atomic mass is 9.82. The molecule has 1 saturated carbocycles. The largest absolute Gasteiger partial charge is 0.514 e. The number of methoxy groups -OCH3 is 1. The van der Waals surface area contributed by atoms with Crippen molar-refractivity contribution in [1.29, 1.82) is 0 Å². The van der Waals surface area contributed by atoms with Crippen molar-refractivity contribution in [2.45, 2.75) is 136 Å². The summed E-state index contributed by atoms with van der Waals surface area (Å²) in [4.78, 5) is 103. The van der Waals surface area contributed by atoms with Crippen molar-refractivity contribution < 1.29 is 75.2 Å². The second-order valence-corrected chi connectivity index (χ2v) is 22.0. The topological polar surface area (TPSA) is 209 Å². The second kappa shape index (κ2) is 25.2. The van der Waals surface area contributed by atoms with E-state index in [0.29, 0.717) is 46.9 Å². The average molecular weight is 1160 g/mol. The molecule has 0 aliphatic heterocycles. The van der Waals surface area contributed by atoms with Gasteiger partial charge in [-0.1, -0.05) is 69.3 Å². The molecular weight excluding hydrogens is 1090 g/mol. The number of alkyl halides is 3. The third kappa shape index (κ3) is 14.5. The Morgan fingerprint density at radius 3 is 1.64 bits per heavy atom. The number of carbonyl (C=O) groups is 7. The molecular formula is C63H66F3N5O13. The fourth-order valence-corrected chi connectivity index (χ4v) is 8.27. The van der Waals surface area contributed by atoms with Crippen molar-refractivity contribution in [2.24, 2.45) is 10.2 Å². The summed E-state index contributed by atoms with van der Waals surface area (Å²) in [6.07, 6.45) is -6.65. The number of ether oxygens (including phenoxy) is 6. The Bertz CT molecular complexity index is 3510. The predicted octanol–water partition coefficient (Wildman–Crippen LogP) is 16.7. The molecule has 6 aromatic carbocycles. The van der Waals surface area contributed by atoms with Gasteiger partial charge in [0.1, 0.15) is 39.5 Å². The van der Waals surface area contributed by atoms with Gasteiger partial charge in [0.25, 0.3) is 17.7 Å². The number of fused-ring (bicyclic) bond motifs is 1. The highest BCUT2D eigenvalue weighted by Crippen LogP contribution is 2.44. The maximum atomic E-state index is 15.6. The van der Waals surface area contributed by atoms with E-state index in [9.17, 15) is 41.9 Å². The summed E-state index contributed by atoms with van der Waals surface area (Å²) >= 11 is 0. The molecule has 0 spiro atoms. The lowest BCUT2D eigenvalue weighted by molar-refractivity contribution is -0.137. The van der Waals surface area contributed by atoms with E-state index in [2.05, 4.69) is 10.2 Å². The number of carbonyl (C=O) groups excluding carboxylic acids is 7. The van der Waals surface area contributed by atoms with Crippen LogP contribution >= 0.6 is 0 Å². The molecule has 18 nitrogen and oxygen atoms in total. The fraction of sp³-hybridized carbons (Fsp3) is 0.349. The highest BCUT2D eigenvalue weighted by molar-refractivity contribution is 6.23. The molecule has 21 heteroatoms. The van der Waals surface area contributed by atoms with Gasteiger partial charge >= 0.3 is 30.6 Å². The van der Waals surface area contributed by atoms with Gasteiger partial charge in [0, 0.05) is 16.5 Å². The van der Waals surface area contributed by atoms with E-state index in [1.165, 1.54) is 61.7 Å². The summed E-state index contributed by atoms with van der Waals surface area (Å²) in [5.41, 5.74) is -6.99. The molecule has 1 fully saturated rings. The number of anilines is 3. The van der Waals surface area contributed by atoms with Crippen molar-refractivity contribution in [1.82, 2.24) is 0 Å². The number of nitrogens with zero attached hydrogens (tertiary/aromatic N) is 5. The number of rotatable bonds is 17. The molecule has 0 heterocycles. The minimum Gasteiger partial charge on any atom is -0.494 e. The van der Waals surface area contributed by atoms with Gasteiger partial charge in [0.05, 0.1) is 35.3 Å². The fourth-order valence-electron chi connectivity index (χ4n) is 8.27. The number of hydrogen-bond acceptors (Lipinski definition) is 15. The zero-order chi connectivity index (χ0) is 61.5. The van der Waals surface area contributed by atoms with Gasteiger partial charge in [-0.15, -0.1) is 10.2 Å². The first-order chi connectivity index (χ1) is 39.5. The number of imide groups is 3. The smallest absolute Gasteiger partial charge is 0.494 e. The molecule has 6 amide bonds. The second-order valence-electron chi connectivity index (χ2n) is 22.0. The normalized spacial score (nSPS) is 13.3. The van der Waals surface area contributed by atoms with Crippen molar-refractivity contribution in [2.75, 3.05) is 21.8 Å². The van der Waals surface area contributed by atoms with Gasteiger partial charge in [-0.05, 0) is 171 Å². The average Bonchev–Trinajstić information content (AvgIpc) is 1.69. The monoisotopic (exact) mass is 1160 g/mol. The molecule has 442 valence electrons. The molecule has 1 aliphatic rings. The van der Waals surface area contributed by atoms with E-state index in [1.54, 1.807) is 112 Å². The summed E-state index contributed by atoms with van der Waals surface area (Å²) in [7, 11) is 1.28. The number of hydrogen-bond donors (Lipinski definition) is 0. The summed E-state index contributed by atoms with van der Waals surface area (Å²) in [5.74, 6) is -3.55. The van der Waals surface area contributed by atoms with Crippen LogP contribution in [0.2, 0.25) is 0 Å². The Labute approximate surface area is 484 Å². The van der Waals surface area contributed by atoms with Gasteiger partial charge in [0.2, 0.25) is 0 Å². The first-order valence-corrected chi connectivity index (χ1v) is 27.1. The minimum absolute atomic E-state index is 0.0100. The van der Waals surface area contributed by atoms with Crippen LogP contribution in [0.15, 0.2) is 138 Å². The van der Waals surface area contributed by atoms with Crippen LogP contribution in [0.5, 0.6) is 11.5 Å². The lowest BCUT2D eigenvalue weighted by Crippen LogP contribution is -2.46. The Morgan fingerprint density at radius 2 is 1.10 bits per heavy atom. The molecule has 0 radical (unpaired) electrons. The van der Waals surface area contributed by atoms with Crippen LogP contribution in [0.4, 0.5) is 60.8 Å². The van der Waals surface area contributed by atoms with Crippen molar-refractivity contribution in [3.05, 3.63) is 150 Å². The van der Waals surface area contributed by atoms with Crippen LogP contribution in [0.25, 0.3) is 10.8 Å². The molecule has 0 aromatic heterocycles. The van der Waals surface area contributed by atoms with E-state index in [4.69, 9.17) is 28.4 Å². The lowest BCUT2D eigenvalue weighted by Gasteiger charge is -2.38. The Hall–Kier alpha value is -9.14. The van der Waals surface area contributed by atoms with Gasteiger partial charge in [0.15, 0.2) is 5.75 Å². The maximum Gasteiger partial charge on any atom is 0.514 e. The van der Waals surface area contributed by atoms with Gasteiger partial charge in [-0.25, -0.2) is 33.9 Å². The number of amides is 6. The third-order valence-corrected chi connectivity index (χ3v) is 14.4. The first-order valence-electron chi connectivity index (χ1n) is 27.1. The van der Waals surface area contributed by atoms with Crippen LogP contribution in [-0.2, 0) is 25.1 Å². The Morgan fingerprint density at radius 1 is 0.560 bits per heavy atom. The van der Waals surface area contributed by atoms with Crippen LogP contribution in [0.1, 0.15) is 144 Å². The zero-order valence-corrected chi connectivity index (χ0v) is 48.5. The molecule has 7 rings (SSSR count). The SMILES string of the molecule is CCC(C)(C)OC(=O)Oc1c(C(=O)N(C(=O)OC(C)(C)CC)c2ccc(N(C(=O)OC3(C)CCC3)C(=O)c3ccccc3)cc2)cc2ccccc2c1N=Nc1cc(C(=O)N(C(=O)OC(C)(C)CC)c2cccc(C(F)(F)F)c2)ccc1OC. The summed E-state index contributed by atoms with van der Waals surface area (Å²) in [5, 5.41) is 9.52. The first kappa shape index (κ1) is 62.5. The van der Waals surface area contributed by atoms with Crippen LogP contribution in [0, 0.1) is 0 Å². The standard InChI is InChI=1S/C63H66F3N5O13/c1-12-59(4,5)81-55(75)70(44-31-29-43(30-32-44)69(52(72)39-22-16-15-17-23-39)57(77)83-62(10)34-21-35-62)54(74)47-36-40-24-18-19-27-46(40)50(51(47)80-58(78)84-61(8,9)14-3)68-67-48-37-41(28-33-49(48)79-11)53(73)71(56(76)82-60(6,7)13-2)45-26-20-25-42(38-45)63(64,65)66/h15-20,22-33,36-38H,12-14,21,34-35H2,1-11H3. The quantitative estimate of drug-likeness (QED) is 0.0361. The molecule has 0 unspecified atom stereocenters. The summed E-state index contributed by atoms with van der Waals surface area (Å²) < 4.78 is 76.9. The molecule has 1 aliphatic carbocycles. The Balaban J connectivity index is 1.39. The summed E-state index contributed by atoms with van der Waals surface area (Å²) in [6.45, 7) is 16.7. The molecule has 0 N–H and O–H groups in total. The van der Waals surface area contributed by atoms with Crippen LogP contribution in [0.3, 0.4) is 0 Å². The minimum atomic E-state index is -4.85. The molecule has 0 atom stereocenters. The molecule has 0 bridgehead atoms. The van der Waals surface area contributed by atoms with Gasteiger partial charge in [-0.2, -0.15) is 13.2 Å². The predicted molar refractivity (Wildman–Crippen MR) is 308 cm³/mol. The number of halogens is 3. The van der Waals surface area contributed by atoms with E-state index < -0.39 is 93.3 Å². The van der Waals surface area contributed by atoms with Crippen molar-refractivity contribution >= 4 is 81.4 Å². The highest BCUT2D eigenvalue weighted by atomic mass is 19.4. The third-order valence-electron chi connectivity index (χ3n) is 14.4. The zero-order valence-electron chi connectivity index (χ0n) is 48.5. The highest BCUT2D eigenvalue weighted by Gasteiger charge is 2.41. The molecule has 0 saturated heterocycles. The van der Waals surface area contributed by atoms with Crippen LogP contribution in [-0.4, -0.2) is 71.7 Å². The van der Waals surface area contributed by atoms with E-state index in [-0.39, 0.29) is 51.4 Å². The number of benzene rings is 6. The summed E-state index contributed by atoms with van der Waals surface area (Å²) in [6, 6.07) is 28.5. The van der Waals surface area contributed by atoms with E-state index >= 15 is 4.79 Å². The van der Waals surface area contributed by atoms with Crippen LogP contribution < -0.4 is 24.2 Å². The molecule has 84 heavy (non-hydrogen) atoms. The molecule has 6 aromatic rings. The van der Waals surface area contributed by atoms with E-state index in [1.807, 2.05) is 0 Å². The Kier molecular flexibility index (Phi) is 18.7. The van der Waals surface area contributed by atoms with Crippen molar-refractivity contribution in [3.63, 3.8) is 0 Å².